The van der Waals surface area contributed by atoms with Crippen LogP contribution in [0.2, 0.25) is 0 Å². The average Bonchev–Trinajstić information content (AvgIpc) is 2.83. The number of sulfonamides is 1. The van der Waals surface area contributed by atoms with E-state index in [1.807, 2.05) is 50.2 Å². The molecule has 0 spiro atoms. The van der Waals surface area contributed by atoms with Gasteiger partial charge in [0.1, 0.15) is 11.5 Å². The highest BCUT2D eigenvalue weighted by atomic mass is 32.2. The van der Waals surface area contributed by atoms with E-state index >= 15 is 0 Å². The van der Waals surface area contributed by atoms with Crippen molar-refractivity contribution >= 4 is 16.0 Å². The molecule has 0 aromatic heterocycles. The summed E-state index contributed by atoms with van der Waals surface area (Å²) in [6.07, 6.45) is 2.13. The van der Waals surface area contributed by atoms with Crippen molar-refractivity contribution in [2.75, 3.05) is 13.2 Å². The molecule has 2 N–H and O–H groups in total. The molecule has 3 aromatic carbocycles. The van der Waals surface area contributed by atoms with Crippen LogP contribution in [0.1, 0.15) is 42.5 Å². The van der Waals surface area contributed by atoms with Crippen LogP contribution in [0.4, 0.5) is 0 Å². The number of rotatable bonds is 9. The zero-order valence-corrected chi connectivity index (χ0v) is 20.6. The van der Waals surface area contributed by atoms with E-state index in [0.29, 0.717) is 25.2 Å². The fourth-order valence-corrected chi connectivity index (χ4v) is 5.83. The summed E-state index contributed by atoms with van der Waals surface area (Å²) < 4.78 is 40.4. The van der Waals surface area contributed by atoms with Gasteiger partial charge < -0.3 is 14.6 Å². The van der Waals surface area contributed by atoms with Crippen LogP contribution in [0.5, 0.6) is 11.5 Å². The minimum atomic E-state index is -3.78. The maximum atomic E-state index is 13.3. The standard InChI is InChI=1S/C27H29NO6S/c1-3-33-20-12-10-19(11-13-20)22-15-14-21(16-18(22)2)35(31,32)28-25-8-4-7-24-23(25)6-5-9-26(24)34-17-27(29)30/h5-6,9-16,25,28H,3-4,7-8,17H2,1-2H3,(H,29,30). The summed E-state index contributed by atoms with van der Waals surface area (Å²) >= 11 is 0. The lowest BCUT2D eigenvalue weighted by Crippen LogP contribution is -2.31. The molecule has 35 heavy (non-hydrogen) atoms. The zero-order valence-electron chi connectivity index (χ0n) is 19.8. The second kappa shape index (κ2) is 10.5. The van der Waals surface area contributed by atoms with Gasteiger partial charge in [-0.1, -0.05) is 30.3 Å². The molecule has 1 unspecified atom stereocenters. The van der Waals surface area contributed by atoms with E-state index in [9.17, 15) is 13.2 Å². The van der Waals surface area contributed by atoms with E-state index in [-0.39, 0.29) is 4.90 Å². The van der Waals surface area contributed by atoms with Crippen LogP contribution in [0.25, 0.3) is 11.1 Å². The first-order chi connectivity index (χ1) is 16.8. The molecule has 1 aliphatic rings. The maximum Gasteiger partial charge on any atom is 0.341 e. The van der Waals surface area contributed by atoms with Crippen LogP contribution < -0.4 is 14.2 Å². The smallest absolute Gasteiger partial charge is 0.341 e. The van der Waals surface area contributed by atoms with E-state index in [4.69, 9.17) is 14.6 Å². The molecular formula is C27H29NO6S. The number of aliphatic carboxylic acids is 1. The molecule has 0 saturated heterocycles. The van der Waals surface area contributed by atoms with Crippen LogP contribution in [0.3, 0.4) is 0 Å². The highest BCUT2D eigenvalue weighted by Crippen LogP contribution is 2.36. The number of benzene rings is 3. The molecule has 1 aliphatic carbocycles. The summed E-state index contributed by atoms with van der Waals surface area (Å²) in [5.41, 5.74) is 4.47. The monoisotopic (exact) mass is 495 g/mol. The summed E-state index contributed by atoms with van der Waals surface area (Å²) in [6, 6.07) is 17.8. The van der Waals surface area contributed by atoms with E-state index < -0.39 is 28.6 Å². The fraction of sp³-hybridized carbons (Fsp3) is 0.296. The number of nitrogens with one attached hydrogen (secondary N) is 1. The highest BCUT2D eigenvalue weighted by Gasteiger charge is 2.28. The molecule has 1 atom stereocenters. The lowest BCUT2D eigenvalue weighted by atomic mass is 9.87. The summed E-state index contributed by atoms with van der Waals surface area (Å²) in [5, 5.41) is 8.94. The van der Waals surface area contributed by atoms with E-state index in [1.54, 1.807) is 24.3 Å². The SMILES string of the molecule is CCOc1ccc(-c2ccc(S(=O)(=O)NC3CCCc4c(OCC(=O)O)cccc43)cc2C)cc1. The molecule has 7 nitrogen and oxygen atoms in total. The van der Waals surface area contributed by atoms with Crippen molar-refractivity contribution in [1.82, 2.24) is 4.72 Å². The minimum absolute atomic E-state index is 0.204. The number of carbonyl (C=O) groups is 1. The van der Waals surface area contributed by atoms with Crippen molar-refractivity contribution in [3.05, 3.63) is 77.4 Å². The van der Waals surface area contributed by atoms with Gasteiger partial charge in [0.15, 0.2) is 6.61 Å². The third kappa shape index (κ3) is 5.66. The van der Waals surface area contributed by atoms with E-state index in [2.05, 4.69) is 4.72 Å². The summed E-state index contributed by atoms with van der Waals surface area (Å²) in [4.78, 5) is 11.1. The molecule has 4 rings (SSSR count). The molecule has 0 amide bonds. The molecular weight excluding hydrogens is 466 g/mol. The Bertz CT molecular complexity index is 1320. The average molecular weight is 496 g/mol. The Morgan fingerprint density at radius 2 is 1.86 bits per heavy atom. The van der Waals surface area contributed by atoms with Gasteiger partial charge >= 0.3 is 5.97 Å². The van der Waals surface area contributed by atoms with Crippen LogP contribution in [0, 0.1) is 6.92 Å². The van der Waals surface area contributed by atoms with Gasteiger partial charge in [-0.25, -0.2) is 17.9 Å². The number of carboxylic acids is 1. The Morgan fingerprint density at radius 1 is 1.09 bits per heavy atom. The molecule has 3 aromatic rings. The fourth-order valence-electron chi connectivity index (χ4n) is 4.49. The second-order valence-corrected chi connectivity index (χ2v) is 10.2. The highest BCUT2D eigenvalue weighted by molar-refractivity contribution is 7.89. The van der Waals surface area contributed by atoms with E-state index in [0.717, 1.165) is 40.0 Å². The molecule has 184 valence electrons. The van der Waals surface area contributed by atoms with Gasteiger partial charge in [-0.2, -0.15) is 0 Å². The number of hydrogen-bond donors (Lipinski definition) is 2. The Hall–Kier alpha value is -3.36. The van der Waals surface area contributed by atoms with Gasteiger partial charge in [0.25, 0.3) is 0 Å². The van der Waals surface area contributed by atoms with Crippen molar-refractivity contribution in [2.24, 2.45) is 0 Å². The van der Waals surface area contributed by atoms with Gasteiger partial charge in [0.05, 0.1) is 11.5 Å². The Kier molecular flexibility index (Phi) is 7.42. The molecule has 0 aliphatic heterocycles. The number of ether oxygens (including phenoxy) is 2. The molecule has 0 fully saturated rings. The van der Waals surface area contributed by atoms with Crippen molar-refractivity contribution in [3.63, 3.8) is 0 Å². The first-order valence-corrected chi connectivity index (χ1v) is 13.1. The minimum Gasteiger partial charge on any atom is -0.494 e. The first kappa shape index (κ1) is 24.8. The van der Waals surface area contributed by atoms with Crippen molar-refractivity contribution in [3.8, 4) is 22.6 Å². The largest absolute Gasteiger partial charge is 0.494 e. The van der Waals surface area contributed by atoms with Gasteiger partial charge in [-0.05, 0) is 91.3 Å². The van der Waals surface area contributed by atoms with Crippen LogP contribution >= 0.6 is 0 Å². The second-order valence-electron chi connectivity index (χ2n) is 8.51. The maximum absolute atomic E-state index is 13.3. The number of aryl methyl sites for hydroxylation is 1. The number of fused-ring (bicyclic) bond motifs is 1. The predicted molar refractivity (Wildman–Crippen MR) is 133 cm³/mol. The quantitative estimate of drug-likeness (QED) is 0.439. The molecule has 0 heterocycles. The molecule has 0 bridgehead atoms. The number of hydrogen-bond acceptors (Lipinski definition) is 5. The van der Waals surface area contributed by atoms with Gasteiger partial charge in [-0.3, -0.25) is 0 Å². The topological polar surface area (TPSA) is 102 Å². The third-order valence-electron chi connectivity index (χ3n) is 6.10. The van der Waals surface area contributed by atoms with Crippen LogP contribution in [-0.4, -0.2) is 32.7 Å². The predicted octanol–water partition coefficient (Wildman–Crippen LogP) is 4.88. The molecule has 0 radical (unpaired) electrons. The lowest BCUT2D eigenvalue weighted by Gasteiger charge is -2.27. The zero-order chi connectivity index (χ0) is 25.0. The van der Waals surface area contributed by atoms with Crippen molar-refractivity contribution in [2.45, 2.75) is 44.0 Å². The molecule has 8 heteroatoms. The van der Waals surface area contributed by atoms with Crippen molar-refractivity contribution < 1.29 is 27.8 Å². The Balaban J connectivity index is 1.56. The summed E-state index contributed by atoms with van der Waals surface area (Å²) in [7, 11) is -3.78. The van der Waals surface area contributed by atoms with Crippen LogP contribution in [-0.2, 0) is 21.2 Å². The Morgan fingerprint density at radius 3 is 2.54 bits per heavy atom. The number of carboxylic acid groups (broad SMARTS) is 1. The first-order valence-electron chi connectivity index (χ1n) is 11.6. The van der Waals surface area contributed by atoms with Gasteiger partial charge in [-0.15, -0.1) is 0 Å². The summed E-state index contributed by atoms with van der Waals surface area (Å²) in [6.45, 7) is 3.99. The molecule has 0 saturated carbocycles. The Labute approximate surface area is 205 Å². The summed E-state index contributed by atoms with van der Waals surface area (Å²) in [5.74, 6) is 0.227. The van der Waals surface area contributed by atoms with E-state index in [1.165, 1.54) is 0 Å². The van der Waals surface area contributed by atoms with Gasteiger partial charge in [0.2, 0.25) is 10.0 Å². The third-order valence-corrected chi connectivity index (χ3v) is 7.57. The van der Waals surface area contributed by atoms with Gasteiger partial charge in [0, 0.05) is 6.04 Å². The lowest BCUT2D eigenvalue weighted by molar-refractivity contribution is -0.139. The van der Waals surface area contributed by atoms with Crippen molar-refractivity contribution in [1.29, 1.82) is 0 Å². The normalized spacial score (nSPS) is 15.3. The van der Waals surface area contributed by atoms with Crippen LogP contribution in [0.15, 0.2) is 65.6 Å².